The molecule has 1 saturated heterocycles. The highest BCUT2D eigenvalue weighted by molar-refractivity contribution is 5.07. The van der Waals surface area contributed by atoms with Gasteiger partial charge in [-0.25, -0.2) is 15.0 Å². The minimum Gasteiger partial charge on any atom is -0.380 e. The van der Waals surface area contributed by atoms with E-state index in [1.807, 2.05) is 13.1 Å². The molecule has 1 aliphatic rings. The van der Waals surface area contributed by atoms with E-state index in [-0.39, 0.29) is 0 Å². The number of ether oxygens (including phenoxy) is 1. The Bertz CT molecular complexity index is 557. The van der Waals surface area contributed by atoms with Crippen molar-refractivity contribution in [3.63, 3.8) is 0 Å². The number of nitrogens with one attached hydrogen (secondary N) is 1. The van der Waals surface area contributed by atoms with E-state index >= 15 is 0 Å². The fraction of sp³-hybridized carbons (Fsp3) is 0.533. The predicted molar refractivity (Wildman–Crippen MR) is 78.6 cm³/mol. The van der Waals surface area contributed by atoms with Crippen molar-refractivity contribution in [3.05, 3.63) is 42.0 Å². The van der Waals surface area contributed by atoms with Gasteiger partial charge in [-0.2, -0.15) is 0 Å². The maximum atomic E-state index is 5.75. The zero-order valence-electron chi connectivity index (χ0n) is 12.3. The summed E-state index contributed by atoms with van der Waals surface area (Å²) >= 11 is 0. The van der Waals surface area contributed by atoms with Gasteiger partial charge in [0.2, 0.25) is 0 Å². The van der Waals surface area contributed by atoms with Gasteiger partial charge in [0.05, 0.1) is 19.5 Å². The summed E-state index contributed by atoms with van der Waals surface area (Å²) < 4.78 is 5.75. The molecule has 0 aliphatic carbocycles. The Hall–Kier alpha value is -1.79. The zero-order chi connectivity index (χ0) is 14.5. The van der Waals surface area contributed by atoms with Crippen molar-refractivity contribution in [1.82, 2.24) is 24.8 Å². The van der Waals surface area contributed by atoms with Crippen LogP contribution in [0.3, 0.4) is 0 Å². The maximum Gasteiger partial charge on any atom is 0.115 e. The molecule has 0 unspecified atom stereocenters. The highest BCUT2D eigenvalue weighted by Crippen LogP contribution is 2.14. The third kappa shape index (κ3) is 4.09. The van der Waals surface area contributed by atoms with E-state index in [0.29, 0.717) is 5.92 Å². The third-order valence-corrected chi connectivity index (χ3v) is 3.73. The SMILES string of the molecule is Cc1cc(C[C@H]2COCCN(Cc3cnc[nH]3)C2)ncn1. The summed E-state index contributed by atoms with van der Waals surface area (Å²) in [5, 5.41) is 0. The largest absolute Gasteiger partial charge is 0.380 e. The molecule has 1 aliphatic heterocycles. The van der Waals surface area contributed by atoms with Gasteiger partial charge in [0.15, 0.2) is 0 Å². The van der Waals surface area contributed by atoms with Crippen LogP contribution in [0.1, 0.15) is 17.1 Å². The fourth-order valence-corrected chi connectivity index (χ4v) is 2.75. The van der Waals surface area contributed by atoms with Crippen LogP contribution >= 0.6 is 0 Å². The first-order valence-electron chi connectivity index (χ1n) is 7.34. The highest BCUT2D eigenvalue weighted by atomic mass is 16.5. The topological polar surface area (TPSA) is 66.9 Å². The molecule has 0 amide bonds. The molecular formula is C15H21N5O. The van der Waals surface area contributed by atoms with E-state index in [2.05, 4.69) is 30.9 Å². The van der Waals surface area contributed by atoms with Crippen LogP contribution in [-0.4, -0.2) is 51.1 Å². The summed E-state index contributed by atoms with van der Waals surface area (Å²) in [5.41, 5.74) is 3.26. The summed E-state index contributed by atoms with van der Waals surface area (Å²) in [7, 11) is 0. The lowest BCUT2D eigenvalue weighted by atomic mass is 10.0. The van der Waals surface area contributed by atoms with Gasteiger partial charge in [0, 0.05) is 48.8 Å². The van der Waals surface area contributed by atoms with Crippen molar-refractivity contribution in [2.75, 3.05) is 26.3 Å². The number of rotatable bonds is 4. The van der Waals surface area contributed by atoms with Gasteiger partial charge in [-0.05, 0) is 19.4 Å². The van der Waals surface area contributed by atoms with Gasteiger partial charge >= 0.3 is 0 Å². The number of hydrogen-bond donors (Lipinski definition) is 1. The molecule has 21 heavy (non-hydrogen) atoms. The van der Waals surface area contributed by atoms with E-state index in [1.165, 1.54) is 0 Å². The van der Waals surface area contributed by atoms with E-state index in [4.69, 9.17) is 4.74 Å². The summed E-state index contributed by atoms with van der Waals surface area (Å²) in [5.74, 6) is 0.463. The molecule has 0 saturated carbocycles. The summed E-state index contributed by atoms with van der Waals surface area (Å²) in [6.07, 6.45) is 6.19. The average molecular weight is 287 g/mol. The molecule has 0 bridgehead atoms. The van der Waals surface area contributed by atoms with Gasteiger partial charge in [-0.3, -0.25) is 4.90 Å². The Kier molecular flexibility index (Phi) is 4.57. The van der Waals surface area contributed by atoms with Gasteiger partial charge < -0.3 is 9.72 Å². The van der Waals surface area contributed by atoms with Gasteiger partial charge in [0.1, 0.15) is 6.33 Å². The molecule has 1 N–H and O–H groups in total. The Morgan fingerprint density at radius 3 is 3.19 bits per heavy atom. The fourth-order valence-electron chi connectivity index (χ4n) is 2.75. The molecule has 1 fully saturated rings. The van der Waals surface area contributed by atoms with Crippen LogP contribution in [-0.2, 0) is 17.7 Å². The highest BCUT2D eigenvalue weighted by Gasteiger charge is 2.20. The molecule has 2 aromatic rings. The number of aromatic amines is 1. The number of imidazole rings is 1. The van der Waals surface area contributed by atoms with Crippen molar-refractivity contribution >= 4 is 0 Å². The molecule has 112 valence electrons. The summed E-state index contributed by atoms with van der Waals surface area (Å²) in [4.78, 5) is 18.2. The second-order valence-corrected chi connectivity index (χ2v) is 5.61. The predicted octanol–water partition coefficient (Wildman–Crippen LogP) is 1.20. The van der Waals surface area contributed by atoms with Crippen LogP contribution in [0.5, 0.6) is 0 Å². The molecular weight excluding hydrogens is 266 g/mol. The van der Waals surface area contributed by atoms with Crippen LogP contribution in [0.15, 0.2) is 24.9 Å². The molecule has 6 heteroatoms. The lowest BCUT2D eigenvalue weighted by Gasteiger charge is -2.22. The van der Waals surface area contributed by atoms with Crippen molar-refractivity contribution < 1.29 is 4.74 Å². The number of aromatic nitrogens is 4. The van der Waals surface area contributed by atoms with Gasteiger partial charge in [-0.1, -0.05) is 0 Å². The first-order valence-corrected chi connectivity index (χ1v) is 7.34. The van der Waals surface area contributed by atoms with Gasteiger partial charge in [-0.15, -0.1) is 0 Å². The van der Waals surface area contributed by atoms with Crippen LogP contribution in [0.2, 0.25) is 0 Å². The van der Waals surface area contributed by atoms with E-state index in [9.17, 15) is 0 Å². The Balaban J connectivity index is 1.62. The normalized spacial score (nSPS) is 20.3. The molecule has 3 heterocycles. The molecule has 6 nitrogen and oxygen atoms in total. The van der Waals surface area contributed by atoms with Crippen molar-refractivity contribution in [2.45, 2.75) is 19.9 Å². The first-order chi connectivity index (χ1) is 10.3. The Morgan fingerprint density at radius 2 is 2.38 bits per heavy atom. The molecule has 0 spiro atoms. The second-order valence-electron chi connectivity index (χ2n) is 5.61. The standard InChI is InChI=1S/C15H21N5O/c1-12-4-14(19-11-17-12)5-13-7-20(2-3-21-9-13)8-15-6-16-10-18-15/h4,6,10-11,13H,2-3,5,7-9H2,1H3,(H,16,18)/t13-/m1/s1. The summed E-state index contributed by atoms with van der Waals surface area (Å²) in [6.45, 7) is 6.44. The van der Waals surface area contributed by atoms with Gasteiger partial charge in [0.25, 0.3) is 0 Å². The number of hydrogen-bond acceptors (Lipinski definition) is 5. The molecule has 0 radical (unpaired) electrons. The monoisotopic (exact) mass is 287 g/mol. The Labute approximate surface area is 124 Å². The van der Waals surface area contributed by atoms with Crippen LogP contribution in [0.25, 0.3) is 0 Å². The average Bonchev–Trinajstić information content (AvgIpc) is 2.86. The van der Waals surface area contributed by atoms with Crippen LogP contribution < -0.4 is 0 Å². The second kappa shape index (κ2) is 6.78. The maximum absolute atomic E-state index is 5.75. The number of nitrogens with zero attached hydrogens (tertiary/aromatic N) is 4. The van der Waals surface area contributed by atoms with Crippen molar-refractivity contribution in [1.29, 1.82) is 0 Å². The van der Waals surface area contributed by atoms with E-state index in [0.717, 1.165) is 56.4 Å². The molecule has 0 aromatic carbocycles. The lowest BCUT2D eigenvalue weighted by Crippen LogP contribution is -2.30. The van der Waals surface area contributed by atoms with E-state index in [1.54, 1.807) is 12.7 Å². The van der Waals surface area contributed by atoms with E-state index < -0.39 is 0 Å². The Morgan fingerprint density at radius 1 is 1.43 bits per heavy atom. The van der Waals surface area contributed by atoms with Crippen molar-refractivity contribution in [2.24, 2.45) is 5.92 Å². The number of H-pyrrole nitrogens is 1. The minimum atomic E-state index is 0.463. The molecule has 2 aromatic heterocycles. The smallest absolute Gasteiger partial charge is 0.115 e. The third-order valence-electron chi connectivity index (χ3n) is 3.73. The quantitative estimate of drug-likeness (QED) is 0.915. The van der Waals surface area contributed by atoms with Crippen LogP contribution in [0, 0.1) is 12.8 Å². The van der Waals surface area contributed by atoms with Crippen molar-refractivity contribution in [3.8, 4) is 0 Å². The number of aryl methyl sites for hydroxylation is 1. The molecule has 3 rings (SSSR count). The lowest BCUT2D eigenvalue weighted by molar-refractivity contribution is 0.121. The first kappa shape index (κ1) is 14.2. The summed E-state index contributed by atoms with van der Waals surface area (Å²) in [6, 6.07) is 2.06. The molecule has 1 atom stereocenters. The minimum absolute atomic E-state index is 0.463. The van der Waals surface area contributed by atoms with Crippen LogP contribution in [0.4, 0.5) is 0 Å². The zero-order valence-corrected chi connectivity index (χ0v) is 12.3.